The summed E-state index contributed by atoms with van der Waals surface area (Å²) in [6.07, 6.45) is 0. The van der Waals surface area contributed by atoms with Gasteiger partial charge >= 0.3 is 0 Å². The molecule has 0 spiro atoms. The first-order valence-corrected chi connectivity index (χ1v) is 7.49. The van der Waals surface area contributed by atoms with Crippen LogP contribution in [0.1, 0.15) is 33.2 Å². The molecule has 0 aliphatic carbocycles. The molecule has 0 radical (unpaired) electrons. The quantitative estimate of drug-likeness (QED) is 0.643. The Morgan fingerprint density at radius 3 is 1.96 bits per heavy atom. The fraction of sp³-hybridized carbons (Fsp3) is 0.105. The molecule has 0 atom stereocenters. The largest absolute Gasteiger partial charge is 0.280 e. The normalized spacial score (nSPS) is 13.0. The predicted molar refractivity (Wildman–Crippen MR) is 88.7 cm³/mol. The van der Waals surface area contributed by atoms with Gasteiger partial charge in [-0.1, -0.05) is 49.0 Å². The van der Waals surface area contributed by atoms with E-state index in [2.05, 4.69) is 6.58 Å². The smallest absolute Gasteiger partial charge is 0.268 e. The molecule has 5 nitrogen and oxygen atoms in total. The Morgan fingerprint density at radius 1 is 0.958 bits per heavy atom. The second-order valence-electron chi connectivity index (χ2n) is 5.60. The summed E-state index contributed by atoms with van der Waals surface area (Å²) in [6.45, 7) is 5.31. The molecule has 0 N–H and O–H groups in total. The molecule has 0 fully saturated rings. The van der Waals surface area contributed by atoms with Crippen LogP contribution in [0.3, 0.4) is 0 Å². The van der Waals surface area contributed by atoms with E-state index >= 15 is 0 Å². The monoisotopic (exact) mass is 320 g/mol. The zero-order chi connectivity index (χ0) is 17.3. The molecule has 0 aromatic heterocycles. The van der Waals surface area contributed by atoms with Crippen molar-refractivity contribution in [2.24, 2.45) is 0 Å². The summed E-state index contributed by atoms with van der Waals surface area (Å²) in [5, 5.41) is 2.07. The fourth-order valence-corrected chi connectivity index (χ4v) is 2.61. The maximum Gasteiger partial charge on any atom is 0.280 e. The summed E-state index contributed by atoms with van der Waals surface area (Å²) in [4.78, 5) is 37.9. The van der Waals surface area contributed by atoms with Crippen molar-refractivity contribution in [3.05, 3.63) is 83.4 Å². The van der Waals surface area contributed by atoms with Crippen LogP contribution in [-0.2, 0) is 11.3 Å². The number of imide groups is 1. The van der Waals surface area contributed by atoms with E-state index in [0.717, 1.165) is 15.6 Å². The van der Waals surface area contributed by atoms with E-state index in [0.29, 0.717) is 11.1 Å². The summed E-state index contributed by atoms with van der Waals surface area (Å²) < 4.78 is 0. The van der Waals surface area contributed by atoms with Crippen LogP contribution in [0, 0.1) is 0 Å². The predicted octanol–water partition coefficient (Wildman–Crippen LogP) is 2.80. The minimum absolute atomic E-state index is 0.109. The number of nitrogens with zero attached hydrogens (tertiary/aromatic N) is 2. The van der Waals surface area contributed by atoms with Gasteiger partial charge < -0.3 is 0 Å². The zero-order valence-electron chi connectivity index (χ0n) is 13.2. The highest BCUT2D eigenvalue weighted by atomic mass is 16.2. The van der Waals surface area contributed by atoms with Gasteiger partial charge in [-0.3, -0.25) is 14.4 Å². The molecule has 1 heterocycles. The molecule has 5 heteroatoms. The molecule has 0 saturated carbocycles. The maximum absolute atomic E-state index is 12.6. The highest BCUT2D eigenvalue weighted by molar-refractivity contribution is 6.22. The van der Waals surface area contributed by atoms with Gasteiger partial charge in [-0.25, -0.2) is 5.01 Å². The number of rotatable bonds is 4. The van der Waals surface area contributed by atoms with Crippen molar-refractivity contribution in [2.45, 2.75) is 13.5 Å². The number of fused-ring (bicyclic) bond motifs is 1. The van der Waals surface area contributed by atoms with E-state index in [1.807, 2.05) is 30.3 Å². The second-order valence-corrected chi connectivity index (χ2v) is 5.60. The van der Waals surface area contributed by atoms with Crippen molar-refractivity contribution in [1.82, 2.24) is 10.0 Å². The van der Waals surface area contributed by atoms with Gasteiger partial charge in [-0.05, 0) is 24.6 Å². The van der Waals surface area contributed by atoms with E-state index in [1.165, 1.54) is 0 Å². The lowest BCUT2D eigenvalue weighted by Crippen LogP contribution is -2.49. The van der Waals surface area contributed by atoms with Crippen LogP contribution in [0.25, 0.3) is 0 Å². The first-order valence-electron chi connectivity index (χ1n) is 7.49. The molecular weight excluding hydrogens is 304 g/mol. The van der Waals surface area contributed by atoms with Crippen LogP contribution in [0.15, 0.2) is 66.7 Å². The summed E-state index contributed by atoms with van der Waals surface area (Å²) in [5.74, 6) is -1.46. The van der Waals surface area contributed by atoms with Crippen molar-refractivity contribution < 1.29 is 14.4 Å². The van der Waals surface area contributed by atoms with Crippen molar-refractivity contribution in [3.63, 3.8) is 0 Å². The summed E-state index contributed by atoms with van der Waals surface area (Å²) in [7, 11) is 0. The van der Waals surface area contributed by atoms with Crippen LogP contribution < -0.4 is 0 Å². The van der Waals surface area contributed by atoms with Crippen LogP contribution >= 0.6 is 0 Å². The molecule has 120 valence electrons. The van der Waals surface area contributed by atoms with Gasteiger partial charge in [0.15, 0.2) is 0 Å². The van der Waals surface area contributed by atoms with Gasteiger partial charge in [0.05, 0.1) is 17.7 Å². The summed E-state index contributed by atoms with van der Waals surface area (Å²) in [6, 6.07) is 15.7. The second kappa shape index (κ2) is 6.12. The first kappa shape index (κ1) is 15.7. The topological polar surface area (TPSA) is 57.7 Å². The van der Waals surface area contributed by atoms with E-state index in [9.17, 15) is 14.4 Å². The van der Waals surface area contributed by atoms with Gasteiger partial charge in [0.25, 0.3) is 17.7 Å². The molecule has 0 bridgehead atoms. The van der Waals surface area contributed by atoms with Crippen molar-refractivity contribution in [2.75, 3.05) is 0 Å². The molecule has 1 aliphatic heterocycles. The highest BCUT2D eigenvalue weighted by Crippen LogP contribution is 2.26. The van der Waals surface area contributed by atoms with E-state index in [-0.39, 0.29) is 12.1 Å². The molecular formula is C19H16N2O3. The van der Waals surface area contributed by atoms with Gasteiger partial charge in [-0.2, -0.15) is 5.01 Å². The number of benzene rings is 2. The summed E-state index contributed by atoms with van der Waals surface area (Å²) >= 11 is 0. The van der Waals surface area contributed by atoms with Crippen molar-refractivity contribution in [1.29, 1.82) is 0 Å². The minimum Gasteiger partial charge on any atom is -0.268 e. The van der Waals surface area contributed by atoms with E-state index < -0.39 is 17.7 Å². The average molecular weight is 320 g/mol. The number of carbonyl (C=O) groups is 3. The third-order valence-corrected chi connectivity index (χ3v) is 3.79. The van der Waals surface area contributed by atoms with Gasteiger partial charge in [0, 0.05) is 5.57 Å². The number of carbonyl (C=O) groups excluding carboxylic acids is 3. The summed E-state index contributed by atoms with van der Waals surface area (Å²) in [5.41, 5.74) is 1.66. The first-order chi connectivity index (χ1) is 11.5. The number of amides is 3. The van der Waals surface area contributed by atoms with E-state index in [4.69, 9.17) is 0 Å². The van der Waals surface area contributed by atoms with Crippen LogP contribution in [0.5, 0.6) is 0 Å². The number of hydrogen-bond acceptors (Lipinski definition) is 3. The van der Waals surface area contributed by atoms with Gasteiger partial charge in [0.1, 0.15) is 0 Å². The Hall–Kier alpha value is -3.21. The Labute approximate surface area is 139 Å². The molecule has 0 unspecified atom stereocenters. The standard InChI is InChI=1S/C19H16N2O3/c1-13(2)17(22)20(12-14-8-4-3-5-9-14)21-18(23)15-10-6-7-11-16(15)19(21)24/h3-11H,1,12H2,2H3. The Bertz CT molecular complexity index is 808. The molecule has 2 aromatic rings. The lowest BCUT2D eigenvalue weighted by Gasteiger charge is -2.30. The van der Waals surface area contributed by atoms with Crippen molar-refractivity contribution >= 4 is 17.7 Å². The maximum atomic E-state index is 12.6. The molecule has 2 aromatic carbocycles. The van der Waals surface area contributed by atoms with Crippen LogP contribution in [0.2, 0.25) is 0 Å². The molecule has 3 rings (SSSR count). The van der Waals surface area contributed by atoms with Gasteiger partial charge in [-0.15, -0.1) is 0 Å². The average Bonchev–Trinajstić information content (AvgIpc) is 2.85. The molecule has 1 aliphatic rings. The fourth-order valence-electron chi connectivity index (χ4n) is 2.61. The zero-order valence-corrected chi connectivity index (χ0v) is 13.2. The Morgan fingerprint density at radius 2 is 1.46 bits per heavy atom. The molecule has 0 saturated heterocycles. The SMILES string of the molecule is C=C(C)C(=O)N(Cc1ccccc1)N1C(=O)c2ccccc2C1=O. The third kappa shape index (κ3) is 2.60. The molecule has 3 amide bonds. The third-order valence-electron chi connectivity index (χ3n) is 3.79. The van der Waals surface area contributed by atoms with E-state index in [1.54, 1.807) is 31.2 Å². The lowest BCUT2D eigenvalue weighted by molar-refractivity contribution is -0.138. The number of hydrogen-bond donors (Lipinski definition) is 0. The molecule has 24 heavy (non-hydrogen) atoms. The van der Waals surface area contributed by atoms with Crippen molar-refractivity contribution in [3.8, 4) is 0 Å². The lowest BCUT2D eigenvalue weighted by atomic mass is 10.1. The number of hydrazine groups is 1. The van der Waals surface area contributed by atoms with Crippen LogP contribution in [0.4, 0.5) is 0 Å². The highest BCUT2D eigenvalue weighted by Gasteiger charge is 2.41. The van der Waals surface area contributed by atoms with Gasteiger partial charge in [0.2, 0.25) is 0 Å². The minimum atomic E-state index is -0.499. The Balaban J connectivity index is 2.01. The Kier molecular flexibility index (Phi) is 4.00. The van der Waals surface area contributed by atoms with Crippen LogP contribution in [-0.4, -0.2) is 27.7 Å².